The predicted molar refractivity (Wildman–Crippen MR) is 69.9 cm³/mol. The highest BCUT2D eigenvalue weighted by Crippen LogP contribution is 2.35. The number of alkyl halides is 3. The van der Waals surface area contributed by atoms with Crippen molar-refractivity contribution >= 4 is 0 Å². The van der Waals surface area contributed by atoms with Crippen LogP contribution in [-0.2, 0) is 0 Å². The minimum atomic E-state index is -4.72. The highest BCUT2D eigenvalue weighted by molar-refractivity contribution is 5.72. The number of halogens is 3. The Morgan fingerprint density at radius 2 is 1.65 bits per heavy atom. The van der Waals surface area contributed by atoms with Gasteiger partial charge in [-0.1, -0.05) is 30.3 Å². The number of rotatable bonds is 3. The van der Waals surface area contributed by atoms with Crippen LogP contribution in [0.3, 0.4) is 0 Å². The second-order valence-corrected chi connectivity index (χ2v) is 4.23. The third-order valence-corrected chi connectivity index (χ3v) is 2.83. The number of para-hydroxylation sites is 1. The fraction of sp³-hybridized carbons (Fsp3) is 0.200. The van der Waals surface area contributed by atoms with Gasteiger partial charge in [-0.25, -0.2) is 0 Å². The molecule has 0 spiro atoms. The maximum absolute atomic E-state index is 12.4. The fourth-order valence-electron chi connectivity index (χ4n) is 1.91. The largest absolute Gasteiger partial charge is 0.573 e. The van der Waals surface area contributed by atoms with Crippen molar-refractivity contribution in [3.05, 3.63) is 48.0 Å². The summed E-state index contributed by atoms with van der Waals surface area (Å²) in [6.45, 7) is 1.86. The summed E-state index contributed by atoms with van der Waals surface area (Å²) < 4.78 is 46.4. The Morgan fingerprint density at radius 3 is 2.30 bits per heavy atom. The van der Waals surface area contributed by atoms with E-state index in [4.69, 9.17) is 4.74 Å². The average Bonchev–Trinajstić information content (AvgIpc) is 2.38. The Hall–Kier alpha value is -2.17. The molecule has 0 aromatic heterocycles. The Morgan fingerprint density at radius 1 is 0.950 bits per heavy atom. The molecule has 5 heteroatoms. The monoisotopic (exact) mass is 282 g/mol. The molecule has 0 amide bonds. The quantitative estimate of drug-likeness (QED) is 0.821. The standard InChI is InChI=1S/C15H13F3O2/c1-10-7-8-11(9-14(10)19-2)12-5-3-4-6-13(12)20-15(16,17)18/h3-9H,1-2H3. The van der Waals surface area contributed by atoms with Gasteiger partial charge in [0.05, 0.1) is 7.11 Å². The molecule has 2 aromatic rings. The molecule has 20 heavy (non-hydrogen) atoms. The molecule has 0 aliphatic rings. The summed E-state index contributed by atoms with van der Waals surface area (Å²) in [4.78, 5) is 0. The normalized spacial score (nSPS) is 11.2. The summed E-state index contributed by atoms with van der Waals surface area (Å²) in [6, 6.07) is 11.2. The Kier molecular flexibility index (Phi) is 3.88. The Balaban J connectivity index is 2.47. The molecule has 0 fully saturated rings. The van der Waals surface area contributed by atoms with Crippen LogP contribution in [0, 0.1) is 6.92 Å². The summed E-state index contributed by atoms with van der Waals surface area (Å²) in [5.74, 6) is 0.384. The van der Waals surface area contributed by atoms with E-state index in [1.54, 1.807) is 30.3 Å². The van der Waals surface area contributed by atoms with E-state index >= 15 is 0 Å². The van der Waals surface area contributed by atoms with Crippen LogP contribution >= 0.6 is 0 Å². The van der Waals surface area contributed by atoms with Crippen LogP contribution in [0.25, 0.3) is 11.1 Å². The topological polar surface area (TPSA) is 18.5 Å². The van der Waals surface area contributed by atoms with Gasteiger partial charge in [0, 0.05) is 5.56 Å². The zero-order chi connectivity index (χ0) is 14.8. The van der Waals surface area contributed by atoms with Gasteiger partial charge >= 0.3 is 6.36 Å². The summed E-state index contributed by atoms with van der Waals surface area (Å²) in [6.07, 6.45) is -4.72. The number of hydrogen-bond donors (Lipinski definition) is 0. The third-order valence-electron chi connectivity index (χ3n) is 2.83. The van der Waals surface area contributed by atoms with Crippen molar-refractivity contribution < 1.29 is 22.6 Å². The average molecular weight is 282 g/mol. The van der Waals surface area contributed by atoms with Crippen LogP contribution in [0.2, 0.25) is 0 Å². The maximum atomic E-state index is 12.4. The van der Waals surface area contributed by atoms with Crippen LogP contribution < -0.4 is 9.47 Å². The van der Waals surface area contributed by atoms with E-state index in [-0.39, 0.29) is 5.75 Å². The van der Waals surface area contributed by atoms with E-state index < -0.39 is 6.36 Å². The lowest BCUT2D eigenvalue weighted by atomic mass is 10.0. The van der Waals surface area contributed by atoms with Gasteiger partial charge in [0.1, 0.15) is 11.5 Å². The van der Waals surface area contributed by atoms with Crippen molar-refractivity contribution in [2.75, 3.05) is 7.11 Å². The predicted octanol–water partition coefficient (Wildman–Crippen LogP) is 4.57. The van der Waals surface area contributed by atoms with Gasteiger partial charge in [-0.2, -0.15) is 0 Å². The molecule has 2 rings (SSSR count). The van der Waals surface area contributed by atoms with Crippen LogP contribution in [0.5, 0.6) is 11.5 Å². The van der Waals surface area contributed by atoms with Gasteiger partial charge in [0.25, 0.3) is 0 Å². The number of hydrogen-bond acceptors (Lipinski definition) is 2. The van der Waals surface area contributed by atoms with Crippen molar-refractivity contribution in [1.29, 1.82) is 0 Å². The van der Waals surface area contributed by atoms with Crippen molar-refractivity contribution in [2.45, 2.75) is 13.3 Å². The second-order valence-electron chi connectivity index (χ2n) is 4.23. The van der Waals surface area contributed by atoms with Gasteiger partial charge in [-0.3, -0.25) is 0 Å². The molecule has 0 atom stereocenters. The molecule has 0 aliphatic carbocycles. The number of benzene rings is 2. The molecular weight excluding hydrogens is 269 g/mol. The SMILES string of the molecule is COc1cc(-c2ccccc2OC(F)(F)F)ccc1C. The van der Waals surface area contributed by atoms with Crippen LogP contribution in [-0.4, -0.2) is 13.5 Å². The lowest BCUT2D eigenvalue weighted by Crippen LogP contribution is -2.17. The van der Waals surface area contributed by atoms with Crippen LogP contribution in [0.15, 0.2) is 42.5 Å². The third kappa shape index (κ3) is 3.23. The summed E-state index contributed by atoms with van der Waals surface area (Å²) >= 11 is 0. The van der Waals surface area contributed by atoms with Gasteiger partial charge < -0.3 is 9.47 Å². The first-order valence-electron chi connectivity index (χ1n) is 5.90. The highest BCUT2D eigenvalue weighted by Gasteiger charge is 2.32. The van der Waals surface area contributed by atoms with Crippen LogP contribution in [0.1, 0.15) is 5.56 Å². The summed E-state index contributed by atoms with van der Waals surface area (Å²) in [7, 11) is 1.52. The molecule has 0 N–H and O–H groups in total. The molecule has 0 heterocycles. The lowest BCUT2D eigenvalue weighted by Gasteiger charge is -2.14. The highest BCUT2D eigenvalue weighted by atomic mass is 19.4. The van der Waals surface area contributed by atoms with E-state index in [1.807, 2.05) is 6.92 Å². The fourth-order valence-corrected chi connectivity index (χ4v) is 1.91. The minimum absolute atomic E-state index is 0.231. The molecule has 0 radical (unpaired) electrons. The van der Waals surface area contributed by atoms with E-state index in [0.29, 0.717) is 16.9 Å². The first kappa shape index (κ1) is 14.2. The number of ether oxygens (including phenoxy) is 2. The minimum Gasteiger partial charge on any atom is -0.496 e. The first-order valence-corrected chi connectivity index (χ1v) is 5.90. The molecule has 0 aliphatic heterocycles. The summed E-state index contributed by atoms with van der Waals surface area (Å²) in [5.41, 5.74) is 1.88. The first-order chi connectivity index (χ1) is 9.40. The zero-order valence-corrected chi connectivity index (χ0v) is 11.0. The summed E-state index contributed by atoms with van der Waals surface area (Å²) in [5, 5.41) is 0. The van der Waals surface area contributed by atoms with Gasteiger partial charge in [-0.05, 0) is 30.2 Å². The van der Waals surface area contributed by atoms with Gasteiger partial charge in [0.2, 0.25) is 0 Å². The molecule has 2 nitrogen and oxygen atoms in total. The Bertz CT molecular complexity index is 606. The van der Waals surface area contributed by atoms with Crippen molar-refractivity contribution in [1.82, 2.24) is 0 Å². The second kappa shape index (κ2) is 5.45. The number of methoxy groups -OCH3 is 1. The molecule has 0 saturated heterocycles. The molecule has 0 unspecified atom stereocenters. The Labute approximate surface area is 114 Å². The van der Waals surface area contributed by atoms with E-state index in [9.17, 15) is 13.2 Å². The molecule has 0 saturated carbocycles. The van der Waals surface area contributed by atoms with Gasteiger partial charge in [0.15, 0.2) is 0 Å². The van der Waals surface area contributed by atoms with Crippen LogP contribution in [0.4, 0.5) is 13.2 Å². The van der Waals surface area contributed by atoms with Crippen molar-refractivity contribution in [2.24, 2.45) is 0 Å². The van der Waals surface area contributed by atoms with E-state index in [2.05, 4.69) is 4.74 Å². The lowest BCUT2D eigenvalue weighted by molar-refractivity contribution is -0.274. The zero-order valence-electron chi connectivity index (χ0n) is 11.0. The molecule has 2 aromatic carbocycles. The van der Waals surface area contributed by atoms with Crippen molar-refractivity contribution in [3.8, 4) is 22.6 Å². The maximum Gasteiger partial charge on any atom is 0.573 e. The van der Waals surface area contributed by atoms with E-state index in [0.717, 1.165) is 5.56 Å². The smallest absolute Gasteiger partial charge is 0.496 e. The van der Waals surface area contributed by atoms with E-state index in [1.165, 1.54) is 19.2 Å². The number of aryl methyl sites for hydroxylation is 1. The molecule has 106 valence electrons. The molecular formula is C15H13F3O2. The molecule has 0 bridgehead atoms. The van der Waals surface area contributed by atoms with Crippen molar-refractivity contribution in [3.63, 3.8) is 0 Å². The van der Waals surface area contributed by atoms with Gasteiger partial charge in [-0.15, -0.1) is 13.2 Å².